The van der Waals surface area contributed by atoms with Gasteiger partial charge in [0.25, 0.3) is 5.91 Å². The Labute approximate surface area is 197 Å². The number of hydrogen-bond donors (Lipinski definition) is 3. The molecule has 10 nitrogen and oxygen atoms in total. The number of halogens is 2. The number of carbonyl (C=O) groups excluding carboxylic acids is 2. The van der Waals surface area contributed by atoms with Crippen LogP contribution < -0.4 is 16.4 Å². The first-order chi connectivity index (χ1) is 15.4. The Kier molecular flexibility index (Phi) is 6.86. The number of carbonyl (C=O) groups is 2. The Bertz CT molecular complexity index is 1230. The molecule has 2 amide bonds. The number of anilines is 3. The standard InChI is InChI=1S/C21H21BrFN7O3/c1-10-7-14(28-19(26-10)30-20(32)33-21(2,3)4)11-5-6-25-9-15(11)27-18(31)16-13(24)8-12(23)17(22)29-16/h5-9H,24H2,1-4H3,(H,27,31)(H,26,28,30,32). The Morgan fingerprint density at radius 3 is 2.58 bits per heavy atom. The smallest absolute Gasteiger partial charge is 0.414 e. The van der Waals surface area contributed by atoms with E-state index in [1.54, 1.807) is 39.8 Å². The first-order valence-electron chi connectivity index (χ1n) is 9.66. The molecule has 0 aliphatic carbocycles. The minimum atomic E-state index is -0.703. The van der Waals surface area contributed by atoms with Crippen molar-refractivity contribution in [1.82, 2.24) is 19.9 Å². The van der Waals surface area contributed by atoms with Crippen LogP contribution in [-0.4, -0.2) is 37.5 Å². The molecule has 0 atom stereocenters. The molecule has 3 heterocycles. The van der Waals surface area contributed by atoms with Crippen LogP contribution >= 0.6 is 15.9 Å². The van der Waals surface area contributed by atoms with Gasteiger partial charge in [0.2, 0.25) is 5.95 Å². The summed E-state index contributed by atoms with van der Waals surface area (Å²) in [6.07, 6.45) is 2.23. The van der Waals surface area contributed by atoms with E-state index in [1.807, 2.05) is 0 Å². The van der Waals surface area contributed by atoms with Gasteiger partial charge in [0.05, 0.1) is 23.3 Å². The first-order valence-corrected chi connectivity index (χ1v) is 10.4. The summed E-state index contributed by atoms with van der Waals surface area (Å²) in [5.41, 5.74) is 6.54. The normalized spacial score (nSPS) is 11.1. The van der Waals surface area contributed by atoms with E-state index >= 15 is 0 Å². The molecule has 3 aromatic heterocycles. The Morgan fingerprint density at radius 1 is 1.15 bits per heavy atom. The number of hydrogen-bond acceptors (Lipinski definition) is 8. The van der Waals surface area contributed by atoms with Gasteiger partial charge in [-0.3, -0.25) is 15.1 Å². The summed E-state index contributed by atoms with van der Waals surface area (Å²) in [6, 6.07) is 4.30. The zero-order valence-electron chi connectivity index (χ0n) is 18.2. The van der Waals surface area contributed by atoms with Crippen molar-refractivity contribution in [3.05, 3.63) is 52.4 Å². The number of nitrogens with one attached hydrogen (secondary N) is 2. The van der Waals surface area contributed by atoms with Crippen LogP contribution in [0.5, 0.6) is 0 Å². The number of nitrogens with zero attached hydrogens (tertiary/aromatic N) is 4. The van der Waals surface area contributed by atoms with Gasteiger partial charge in [0.15, 0.2) is 11.5 Å². The maximum absolute atomic E-state index is 13.6. The van der Waals surface area contributed by atoms with Gasteiger partial charge in [-0.2, -0.15) is 0 Å². The van der Waals surface area contributed by atoms with Gasteiger partial charge in [-0.15, -0.1) is 0 Å². The zero-order valence-corrected chi connectivity index (χ0v) is 19.8. The summed E-state index contributed by atoms with van der Waals surface area (Å²) in [5.74, 6) is -1.32. The second-order valence-electron chi connectivity index (χ2n) is 7.92. The van der Waals surface area contributed by atoms with Crippen molar-refractivity contribution in [2.45, 2.75) is 33.3 Å². The quantitative estimate of drug-likeness (QED) is 0.433. The molecule has 0 radical (unpaired) electrons. The molecule has 0 fully saturated rings. The minimum Gasteiger partial charge on any atom is -0.444 e. The van der Waals surface area contributed by atoms with E-state index in [4.69, 9.17) is 10.5 Å². The molecule has 12 heteroatoms. The van der Waals surface area contributed by atoms with Crippen molar-refractivity contribution >= 4 is 45.3 Å². The summed E-state index contributed by atoms with van der Waals surface area (Å²) >= 11 is 2.94. The van der Waals surface area contributed by atoms with Crippen LogP contribution in [-0.2, 0) is 4.74 Å². The largest absolute Gasteiger partial charge is 0.444 e. The average Bonchev–Trinajstić information content (AvgIpc) is 2.69. The third kappa shape index (κ3) is 6.19. The van der Waals surface area contributed by atoms with Crippen molar-refractivity contribution < 1.29 is 18.7 Å². The van der Waals surface area contributed by atoms with Crippen molar-refractivity contribution in [2.24, 2.45) is 0 Å². The molecule has 4 N–H and O–H groups in total. The molecule has 3 rings (SSSR count). The predicted molar refractivity (Wildman–Crippen MR) is 124 cm³/mol. The second kappa shape index (κ2) is 9.45. The Balaban J connectivity index is 1.92. The SMILES string of the molecule is Cc1cc(-c2ccncc2NC(=O)c2nc(Br)c(F)cc2N)nc(NC(=O)OC(C)(C)C)n1. The van der Waals surface area contributed by atoms with Gasteiger partial charge >= 0.3 is 6.09 Å². The van der Waals surface area contributed by atoms with Crippen molar-refractivity contribution in [3.8, 4) is 11.3 Å². The van der Waals surface area contributed by atoms with Crippen molar-refractivity contribution in [3.63, 3.8) is 0 Å². The van der Waals surface area contributed by atoms with E-state index in [0.29, 0.717) is 22.6 Å². The Hall–Kier alpha value is -3.67. The molecule has 0 aliphatic rings. The highest BCUT2D eigenvalue weighted by Crippen LogP contribution is 2.28. The van der Waals surface area contributed by atoms with Crippen LogP contribution in [0.1, 0.15) is 37.0 Å². The van der Waals surface area contributed by atoms with Crippen molar-refractivity contribution in [1.29, 1.82) is 0 Å². The van der Waals surface area contributed by atoms with Gasteiger partial charge in [0, 0.05) is 23.5 Å². The molecule has 33 heavy (non-hydrogen) atoms. The molecule has 0 aliphatic heterocycles. The number of aromatic nitrogens is 4. The van der Waals surface area contributed by atoms with Gasteiger partial charge in [-0.1, -0.05) is 0 Å². The number of nitrogens with two attached hydrogens (primary N) is 1. The summed E-state index contributed by atoms with van der Waals surface area (Å²) in [5, 5.41) is 5.16. The number of amides is 2. The lowest BCUT2D eigenvalue weighted by atomic mass is 10.1. The molecule has 0 unspecified atom stereocenters. The van der Waals surface area contributed by atoms with Crippen LogP contribution in [0.25, 0.3) is 11.3 Å². The molecular weight excluding hydrogens is 497 g/mol. The lowest BCUT2D eigenvalue weighted by molar-refractivity contribution is 0.0634. The third-order valence-corrected chi connectivity index (χ3v) is 4.55. The van der Waals surface area contributed by atoms with E-state index in [2.05, 4.69) is 46.5 Å². The summed E-state index contributed by atoms with van der Waals surface area (Å²) in [6.45, 7) is 6.94. The Morgan fingerprint density at radius 2 is 1.88 bits per heavy atom. The van der Waals surface area contributed by atoms with Gasteiger partial charge < -0.3 is 15.8 Å². The predicted octanol–water partition coefficient (Wildman–Crippen LogP) is 4.33. The highest BCUT2D eigenvalue weighted by molar-refractivity contribution is 9.10. The fraction of sp³-hybridized carbons (Fsp3) is 0.238. The molecule has 0 aromatic carbocycles. The maximum Gasteiger partial charge on any atom is 0.414 e. The summed E-state index contributed by atoms with van der Waals surface area (Å²) in [7, 11) is 0. The molecule has 3 aromatic rings. The van der Waals surface area contributed by atoms with E-state index in [-0.39, 0.29) is 21.9 Å². The van der Waals surface area contributed by atoms with Gasteiger partial charge in [0.1, 0.15) is 10.2 Å². The lowest BCUT2D eigenvalue weighted by Gasteiger charge is -2.19. The minimum absolute atomic E-state index is 0.0294. The van der Waals surface area contributed by atoms with E-state index in [1.165, 1.54) is 12.4 Å². The van der Waals surface area contributed by atoms with Gasteiger partial charge in [-0.25, -0.2) is 24.1 Å². The monoisotopic (exact) mass is 517 g/mol. The van der Waals surface area contributed by atoms with E-state index < -0.39 is 23.4 Å². The van der Waals surface area contributed by atoms with Crippen molar-refractivity contribution in [2.75, 3.05) is 16.4 Å². The van der Waals surface area contributed by atoms with Crippen LogP contribution in [0.3, 0.4) is 0 Å². The molecule has 0 spiro atoms. The fourth-order valence-corrected chi connectivity index (χ4v) is 3.01. The van der Waals surface area contributed by atoms with E-state index in [9.17, 15) is 14.0 Å². The van der Waals surface area contributed by atoms with Crippen LogP contribution in [0.15, 0.2) is 35.2 Å². The molecule has 0 saturated heterocycles. The molecular formula is C21H21BrFN7O3. The third-order valence-electron chi connectivity index (χ3n) is 3.99. The average molecular weight is 518 g/mol. The zero-order chi connectivity index (χ0) is 24.3. The highest BCUT2D eigenvalue weighted by atomic mass is 79.9. The van der Waals surface area contributed by atoms with Crippen LogP contribution in [0, 0.1) is 12.7 Å². The number of nitrogen functional groups attached to an aromatic ring is 1. The van der Waals surface area contributed by atoms with E-state index in [0.717, 1.165) is 6.07 Å². The number of rotatable bonds is 4. The molecule has 172 valence electrons. The topological polar surface area (TPSA) is 145 Å². The highest BCUT2D eigenvalue weighted by Gasteiger charge is 2.20. The van der Waals surface area contributed by atoms with Gasteiger partial charge in [-0.05, 0) is 55.8 Å². The maximum atomic E-state index is 13.6. The lowest BCUT2D eigenvalue weighted by Crippen LogP contribution is -2.28. The number of pyridine rings is 2. The summed E-state index contributed by atoms with van der Waals surface area (Å²) in [4.78, 5) is 41.3. The van der Waals surface area contributed by atoms with Crippen LogP contribution in [0.4, 0.5) is 26.5 Å². The molecule has 0 saturated carbocycles. The fourth-order valence-electron chi connectivity index (χ4n) is 2.72. The summed E-state index contributed by atoms with van der Waals surface area (Å²) < 4.78 is 18.7. The number of aryl methyl sites for hydroxylation is 1. The number of ether oxygens (including phenoxy) is 1. The molecule has 0 bridgehead atoms. The second-order valence-corrected chi connectivity index (χ2v) is 8.67. The van der Waals surface area contributed by atoms with Crippen LogP contribution in [0.2, 0.25) is 0 Å². The first kappa shape index (κ1) is 24.0.